The van der Waals surface area contributed by atoms with E-state index in [0.29, 0.717) is 12.6 Å². The Bertz CT molecular complexity index is 328. The number of hydrogen-bond donors (Lipinski definition) is 1. The molecule has 0 aromatic carbocycles. The molecular weight excluding hydrogens is 214 g/mol. The van der Waals surface area contributed by atoms with E-state index in [1.54, 1.807) is 0 Å². The average molecular weight is 239 g/mol. The molecule has 0 saturated heterocycles. The van der Waals surface area contributed by atoms with Crippen LogP contribution in [0.15, 0.2) is 12.4 Å². The molecular formula is C13H25N3O. The monoisotopic (exact) mass is 239 g/mol. The minimum absolute atomic E-state index is 0.0763. The molecule has 1 N–H and O–H groups in total. The number of nitrogens with zero attached hydrogens (tertiary/aromatic N) is 2. The van der Waals surface area contributed by atoms with Crippen LogP contribution in [-0.4, -0.2) is 28.5 Å². The zero-order valence-electron chi connectivity index (χ0n) is 11.7. The highest BCUT2D eigenvalue weighted by Crippen LogP contribution is 2.11. The molecule has 4 nitrogen and oxygen atoms in total. The third-order valence-electron chi connectivity index (χ3n) is 2.52. The van der Waals surface area contributed by atoms with Crippen LogP contribution in [0.25, 0.3) is 0 Å². The van der Waals surface area contributed by atoms with E-state index in [1.165, 1.54) is 5.56 Å². The highest BCUT2D eigenvalue weighted by Gasteiger charge is 2.10. The third-order valence-corrected chi connectivity index (χ3v) is 2.52. The van der Waals surface area contributed by atoms with E-state index >= 15 is 0 Å². The first-order valence-corrected chi connectivity index (χ1v) is 6.32. The van der Waals surface area contributed by atoms with Gasteiger partial charge in [-0.25, -0.2) is 0 Å². The molecule has 0 bridgehead atoms. The fraction of sp³-hybridized carbons (Fsp3) is 0.769. The van der Waals surface area contributed by atoms with Crippen LogP contribution in [0.1, 0.15) is 46.2 Å². The Morgan fingerprint density at radius 3 is 2.76 bits per heavy atom. The Morgan fingerprint density at radius 2 is 2.18 bits per heavy atom. The lowest BCUT2D eigenvalue weighted by molar-refractivity contribution is -0.00790. The highest BCUT2D eigenvalue weighted by atomic mass is 16.5. The van der Waals surface area contributed by atoms with Gasteiger partial charge in [-0.3, -0.25) is 4.68 Å². The van der Waals surface area contributed by atoms with Gasteiger partial charge in [-0.1, -0.05) is 6.92 Å². The SMILES string of the molecule is CCNC(C)c1cnn(CCOC(C)(C)C)c1. The smallest absolute Gasteiger partial charge is 0.0669 e. The average Bonchev–Trinajstić information content (AvgIpc) is 2.65. The van der Waals surface area contributed by atoms with Crippen LogP contribution >= 0.6 is 0 Å². The van der Waals surface area contributed by atoms with Gasteiger partial charge in [-0.2, -0.15) is 5.10 Å². The lowest BCUT2D eigenvalue weighted by atomic mass is 10.2. The fourth-order valence-corrected chi connectivity index (χ4v) is 1.59. The molecule has 1 unspecified atom stereocenters. The fourth-order valence-electron chi connectivity index (χ4n) is 1.59. The molecule has 0 saturated carbocycles. The summed E-state index contributed by atoms with van der Waals surface area (Å²) in [6.45, 7) is 12.9. The molecule has 0 fully saturated rings. The van der Waals surface area contributed by atoms with E-state index in [1.807, 2.05) is 10.9 Å². The van der Waals surface area contributed by atoms with Crippen molar-refractivity contribution in [1.29, 1.82) is 0 Å². The molecule has 0 aliphatic carbocycles. The molecule has 4 heteroatoms. The van der Waals surface area contributed by atoms with Gasteiger partial charge in [0.1, 0.15) is 0 Å². The summed E-state index contributed by atoms with van der Waals surface area (Å²) in [5.74, 6) is 0. The molecule has 0 amide bonds. The maximum absolute atomic E-state index is 5.67. The molecule has 1 atom stereocenters. The first kappa shape index (κ1) is 14.2. The first-order chi connectivity index (χ1) is 7.92. The number of rotatable bonds is 6. The summed E-state index contributed by atoms with van der Waals surface area (Å²) < 4.78 is 7.61. The number of aromatic nitrogens is 2. The lowest BCUT2D eigenvalue weighted by Gasteiger charge is -2.19. The summed E-state index contributed by atoms with van der Waals surface area (Å²) in [7, 11) is 0. The summed E-state index contributed by atoms with van der Waals surface area (Å²) in [5.41, 5.74) is 1.15. The summed E-state index contributed by atoms with van der Waals surface area (Å²) in [6.07, 6.45) is 4.00. The molecule has 0 aliphatic heterocycles. The molecule has 0 radical (unpaired) electrons. The van der Waals surface area contributed by atoms with Crippen LogP contribution in [0.4, 0.5) is 0 Å². The van der Waals surface area contributed by atoms with E-state index in [2.05, 4.69) is 51.2 Å². The second-order valence-corrected chi connectivity index (χ2v) is 5.28. The Balaban J connectivity index is 2.40. The van der Waals surface area contributed by atoms with Gasteiger partial charge in [0.25, 0.3) is 0 Å². The molecule has 1 aromatic heterocycles. The van der Waals surface area contributed by atoms with Crippen LogP contribution in [-0.2, 0) is 11.3 Å². The largest absolute Gasteiger partial charge is 0.374 e. The van der Waals surface area contributed by atoms with Crippen LogP contribution in [0.2, 0.25) is 0 Å². The van der Waals surface area contributed by atoms with Crippen molar-refractivity contribution in [3.63, 3.8) is 0 Å². The van der Waals surface area contributed by atoms with Crippen molar-refractivity contribution >= 4 is 0 Å². The highest BCUT2D eigenvalue weighted by molar-refractivity contribution is 5.08. The van der Waals surface area contributed by atoms with Crippen molar-refractivity contribution in [3.8, 4) is 0 Å². The Morgan fingerprint density at radius 1 is 1.47 bits per heavy atom. The van der Waals surface area contributed by atoms with Crippen molar-refractivity contribution in [2.75, 3.05) is 13.2 Å². The van der Waals surface area contributed by atoms with E-state index < -0.39 is 0 Å². The topological polar surface area (TPSA) is 39.1 Å². The van der Waals surface area contributed by atoms with Gasteiger partial charge in [-0.05, 0) is 34.2 Å². The van der Waals surface area contributed by atoms with Gasteiger partial charge in [0, 0.05) is 17.8 Å². The van der Waals surface area contributed by atoms with Gasteiger partial charge in [-0.15, -0.1) is 0 Å². The normalized spacial score (nSPS) is 13.9. The molecule has 0 aliphatic rings. The molecule has 0 spiro atoms. The van der Waals surface area contributed by atoms with Gasteiger partial charge < -0.3 is 10.1 Å². The first-order valence-electron chi connectivity index (χ1n) is 6.32. The number of nitrogens with one attached hydrogen (secondary N) is 1. The minimum Gasteiger partial charge on any atom is -0.374 e. The molecule has 1 rings (SSSR count). The summed E-state index contributed by atoms with van der Waals surface area (Å²) >= 11 is 0. The van der Waals surface area contributed by atoms with Crippen LogP contribution in [0, 0.1) is 0 Å². The maximum atomic E-state index is 5.67. The van der Waals surface area contributed by atoms with Crippen molar-refractivity contribution in [1.82, 2.24) is 15.1 Å². The summed E-state index contributed by atoms with van der Waals surface area (Å²) in [5, 5.41) is 7.71. The van der Waals surface area contributed by atoms with Gasteiger partial charge >= 0.3 is 0 Å². The van der Waals surface area contributed by atoms with Crippen LogP contribution < -0.4 is 5.32 Å². The van der Waals surface area contributed by atoms with E-state index in [0.717, 1.165) is 13.1 Å². The van der Waals surface area contributed by atoms with Crippen LogP contribution in [0.3, 0.4) is 0 Å². The summed E-state index contributed by atoms with van der Waals surface area (Å²) in [4.78, 5) is 0. The Kier molecular flexibility index (Phi) is 5.15. The van der Waals surface area contributed by atoms with Crippen LogP contribution in [0.5, 0.6) is 0 Å². The standard InChI is InChI=1S/C13H25N3O/c1-6-14-11(2)12-9-15-16(10-12)7-8-17-13(3,4)5/h9-11,14H,6-8H2,1-5H3. The van der Waals surface area contributed by atoms with E-state index in [4.69, 9.17) is 4.74 Å². The predicted octanol–water partition coefficient (Wildman–Crippen LogP) is 2.37. The van der Waals surface area contributed by atoms with Crippen molar-refractivity contribution in [3.05, 3.63) is 18.0 Å². The molecule has 98 valence electrons. The predicted molar refractivity (Wildman–Crippen MR) is 70.0 cm³/mol. The number of ether oxygens (including phenoxy) is 1. The number of hydrogen-bond acceptors (Lipinski definition) is 3. The van der Waals surface area contributed by atoms with Crippen molar-refractivity contribution in [2.24, 2.45) is 0 Å². The quantitative estimate of drug-likeness (QED) is 0.828. The zero-order valence-corrected chi connectivity index (χ0v) is 11.7. The minimum atomic E-state index is -0.0763. The van der Waals surface area contributed by atoms with Gasteiger partial charge in [0.15, 0.2) is 0 Å². The molecule has 1 aromatic rings. The Labute approximate surface area is 104 Å². The summed E-state index contributed by atoms with van der Waals surface area (Å²) in [6, 6.07) is 0.359. The lowest BCUT2D eigenvalue weighted by Crippen LogP contribution is -2.22. The van der Waals surface area contributed by atoms with E-state index in [9.17, 15) is 0 Å². The zero-order chi connectivity index (χ0) is 12.9. The van der Waals surface area contributed by atoms with Crippen molar-refractivity contribution in [2.45, 2.75) is 52.8 Å². The van der Waals surface area contributed by atoms with E-state index in [-0.39, 0.29) is 5.60 Å². The second-order valence-electron chi connectivity index (χ2n) is 5.28. The second kappa shape index (κ2) is 6.17. The maximum Gasteiger partial charge on any atom is 0.0669 e. The molecule has 17 heavy (non-hydrogen) atoms. The van der Waals surface area contributed by atoms with Crippen molar-refractivity contribution < 1.29 is 4.74 Å². The molecule has 1 heterocycles. The Hall–Kier alpha value is -0.870. The van der Waals surface area contributed by atoms with Gasteiger partial charge in [0.05, 0.1) is 24.9 Å². The van der Waals surface area contributed by atoms with Gasteiger partial charge in [0.2, 0.25) is 0 Å². The third kappa shape index (κ3) is 5.33.